The number of para-hydroxylation sites is 1. The summed E-state index contributed by atoms with van der Waals surface area (Å²) in [5.41, 5.74) is 8.63. The molecular weight excluding hydrogens is 418 g/mol. The van der Waals surface area contributed by atoms with Crippen LogP contribution in [0.1, 0.15) is 28.9 Å². The first-order chi connectivity index (χ1) is 15.0. The number of nitrogens with one attached hydrogen (secondary N) is 3. The van der Waals surface area contributed by atoms with Crippen molar-refractivity contribution in [3.8, 4) is 5.75 Å². The molecule has 0 fully saturated rings. The Morgan fingerprint density at radius 3 is 2.77 bits per heavy atom. The van der Waals surface area contributed by atoms with Crippen molar-refractivity contribution in [2.45, 2.75) is 25.8 Å². The highest BCUT2D eigenvalue weighted by Crippen LogP contribution is 2.37. The van der Waals surface area contributed by atoms with Crippen molar-refractivity contribution in [3.05, 3.63) is 46.6 Å². The number of nitrogens with zero attached hydrogens (tertiary/aromatic N) is 3. The number of aryl methyl sites for hydroxylation is 2. The molecule has 3 heterocycles. The van der Waals surface area contributed by atoms with E-state index in [1.807, 2.05) is 10.7 Å². The molecule has 1 amide bonds. The van der Waals surface area contributed by atoms with Crippen LogP contribution in [0.3, 0.4) is 0 Å². The van der Waals surface area contributed by atoms with Crippen molar-refractivity contribution in [3.63, 3.8) is 0 Å². The highest BCUT2D eigenvalue weighted by molar-refractivity contribution is 6.32. The Morgan fingerprint density at radius 1 is 1.19 bits per heavy atom. The van der Waals surface area contributed by atoms with Crippen molar-refractivity contribution in [1.29, 1.82) is 0 Å². The first kappa shape index (κ1) is 20.8. The minimum atomic E-state index is -0.363. The summed E-state index contributed by atoms with van der Waals surface area (Å²) >= 11 is 6.24. The average Bonchev–Trinajstić information content (AvgIpc) is 3.15. The fourth-order valence-corrected chi connectivity index (χ4v) is 3.91. The molecular formula is C21H24ClN7O2. The Balaban J connectivity index is 1.72. The lowest BCUT2D eigenvalue weighted by molar-refractivity contribution is 0.0964. The van der Waals surface area contributed by atoms with E-state index < -0.39 is 0 Å². The van der Waals surface area contributed by atoms with Crippen LogP contribution in [0.15, 0.2) is 30.3 Å². The summed E-state index contributed by atoms with van der Waals surface area (Å²) in [7, 11) is 3.06. The summed E-state index contributed by atoms with van der Waals surface area (Å²) in [4.78, 5) is 16.9. The normalized spacial score (nSPS) is 12.7. The standard InChI is InChI=1S/C21H24ClN7O2/c1-24-21(30)18-15(25-14-8-5-7-13(22)19(14)31-2)11-16(27-20(18)23)26-17-10-12-6-3-4-9-29(12)28-17/h5,7-8,10-11H,3-4,6,9H2,1-2H3,(H,24,30)(H4,23,25,26,27,28). The summed E-state index contributed by atoms with van der Waals surface area (Å²) in [5, 5.41) is 14.0. The molecule has 10 heteroatoms. The Hall–Kier alpha value is -3.46. The monoisotopic (exact) mass is 441 g/mol. The number of nitrogen functional groups attached to an aromatic ring is 1. The predicted molar refractivity (Wildman–Crippen MR) is 122 cm³/mol. The van der Waals surface area contributed by atoms with Crippen LogP contribution in [-0.4, -0.2) is 34.8 Å². The molecule has 0 saturated carbocycles. The Morgan fingerprint density at radius 2 is 2.03 bits per heavy atom. The van der Waals surface area contributed by atoms with Crippen LogP contribution in [0.5, 0.6) is 5.75 Å². The maximum Gasteiger partial charge on any atom is 0.256 e. The third kappa shape index (κ3) is 4.22. The van der Waals surface area contributed by atoms with E-state index in [1.54, 1.807) is 24.3 Å². The predicted octanol–water partition coefficient (Wildman–Crippen LogP) is 3.71. The molecule has 3 aromatic rings. The number of halogens is 1. The van der Waals surface area contributed by atoms with Crippen LogP contribution in [0.2, 0.25) is 5.02 Å². The summed E-state index contributed by atoms with van der Waals surface area (Å²) in [6.07, 6.45) is 3.28. The molecule has 0 bridgehead atoms. The molecule has 0 atom stereocenters. The lowest BCUT2D eigenvalue weighted by atomic mass is 10.1. The highest BCUT2D eigenvalue weighted by Gasteiger charge is 2.20. The van der Waals surface area contributed by atoms with E-state index in [2.05, 4.69) is 26.0 Å². The molecule has 0 aliphatic carbocycles. The fourth-order valence-electron chi connectivity index (χ4n) is 3.66. The average molecular weight is 442 g/mol. The van der Waals surface area contributed by atoms with E-state index in [4.69, 9.17) is 22.1 Å². The van der Waals surface area contributed by atoms with Crippen LogP contribution in [0.25, 0.3) is 0 Å². The van der Waals surface area contributed by atoms with Gasteiger partial charge in [-0.3, -0.25) is 9.48 Å². The van der Waals surface area contributed by atoms with Gasteiger partial charge in [0.1, 0.15) is 17.2 Å². The number of amides is 1. The fraction of sp³-hybridized carbons (Fsp3) is 0.286. The molecule has 0 saturated heterocycles. The summed E-state index contributed by atoms with van der Waals surface area (Å²) in [6.45, 7) is 0.906. The van der Waals surface area contributed by atoms with Gasteiger partial charge in [-0.25, -0.2) is 4.98 Å². The van der Waals surface area contributed by atoms with Gasteiger partial charge in [-0.2, -0.15) is 5.10 Å². The number of rotatable bonds is 6. The molecule has 5 N–H and O–H groups in total. The number of pyridine rings is 1. The molecule has 0 spiro atoms. The van der Waals surface area contributed by atoms with Crippen molar-refractivity contribution in [2.75, 3.05) is 30.5 Å². The zero-order chi connectivity index (χ0) is 22.0. The SMILES string of the molecule is CNC(=O)c1c(Nc2cccc(Cl)c2OC)cc(Nc2cc3n(n2)CCCC3)nc1N. The number of methoxy groups -OCH3 is 1. The maximum atomic E-state index is 12.5. The van der Waals surface area contributed by atoms with Gasteiger partial charge in [0.2, 0.25) is 0 Å². The second kappa shape index (κ2) is 8.73. The van der Waals surface area contributed by atoms with Gasteiger partial charge in [0, 0.05) is 31.4 Å². The van der Waals surface area contributed by atoms with E-state index in [-0.39, 0.29) is 17.3 Å². The van der Waals surface area contributed by atoms with Gasteiger partial charge in [-0.05, 0) is 31.4 Å². The number of carbonyl (C=O) groups excluding carboxylic acids is 1. The van der Waals surface area contributed by atoms with Gasteiger partial charge in [-0.15, -0.1) is 0 Å². The van der Waals surface area contributed by atoms with Crippen molar-refractivity contribution >= 4 is 46.3 Å². The molecule has 4 rings (SSSR count). The second-order valence-corrected chi connectivity index (χ2v) is 7.57. The molecule has 2 aromatic heterocycles. The summed E-state index contributed by atoms with van der Waals surface area (Å²) in [6, 6.07) is 9.02. The van der Waals surface area contributed by atoms with Crippen LogP contribution in [0.4, 0.5) is 28.8 Å². The van der Waals surface area contributed by atoms with Crippen LogP contribution in [-0.2, 0) is 13.0 Å². The number of carbonyl (C=O) groups is 1. The highest BCUT2D eigenvalue weighted by atomic mass is 35.5. The number of fused-ring (bicyclic) bond motifs is 1. The molecule has 9 nitrogen and oxygen atoms in total. The van der Waals surface area contributed by atoms with Gasteiger partial charge in [0.05, 0.1) is 23.5 Å². The molecule has 1 aromatic carbocycles. The van der Waals surface area contributed by atoms with E-state index in [0.29, 0.717) is 33.8 Å². The van der Waals surface area contributed by atoms with Crippen molar-refractivity contribution in [1.82, 2.24) is 20.1 Å². The minimum Gasteiger partial charge on any atom is -0.493 e. The van der Waals surface area contributed by atoms with Gasteiger partial charge in [0.25, 0.3) is 5.91 Å². The number of ether oxygens (including phenoxy) is 1. The minimum absolute atomic E-state index is 0.0804. The maximum absolute atomic E-state index is 12.5. The molecule has 1 aliphatic rings. The Bertz CT molecular complexity index is 1110. The largest absolute Gasteiger partial charge is 0.493 e. The van der Waals surface area contributed by atoms with E-state index in [1.165, 1.54) is 19.9 Å². The molecule has 31 heavy (non-hydrogen) atoms. The number of hydrogen-bond donors (Lipinski definition) is 4. The van der Waals surface area contributed by atoms with Crippen molar-refractivity contribution < 1.29 is 9.53 Å². The zero-order valence-corrected chi connectivity index (χ0v) is 18.1. The first-order valence-electron chi connectivity index (χ1n) is 9.96. The molecule has 0 unspecified atom stereocenters. The third-order valence-corrected chi connectivity index (χ3v) is 5.41. The van der Waals surface area contributed by atoms with E-state index >= 15 is 0 Å². The topological polar surface area (TPSA) is 119 Å². The lowest BCUT2D eigenvalue weighted by Gasteiger charge is -2.17. The third-order valence-electron chi connectivity index (χ3n) is 5.11. The smallest absolute Gasteiger partial charge is 0.256 e. The number of aromatic nitrogens is 3. The van der Waals surface area contributed by atoms with Crippen LogP contribution in [0, 0.1) is 0 Å². The molecule has 162 valence electrons. The van der Waals surface area contributed by atoms with E-state index in [0.717, 1.165) is 25.8 Å². The molecule has 1 aliphatic heterocycles. The van der Waals surface area contributed by atoms with Gasteiger partial charge >= 0.3 is 0 Å². The lowest BCUT2D eigenvalue weighted by Crippen LogP contribution is -2.22. The van der Waals surface area contributed by atoms with Crippen molar-refractivity contribution in [2.24, 2.45) is 0 Å². The van der Waals surface area contributed by atoms with Crippen LogP contribution < -0.4 is 26.4 Å². The quantitative estimate of drug-likeness (QED) is 0.460. The van der Waals surface area contributed by atoms with Gasteiger partial charge < -0.3 is 26.4 Å². The summed E-state index contributed by atoms with van der Waals surface area (Å²) in [5.74, 6) is 1.32. The van der Waals surface area contributed by atoms with Crippen LogP contribution >= 0.6 is 11.6 Å². The van der Waals surface area contributed by atoms with Gasteiger partial charge in [0.15, 0.2) is 11.6 Å². The molecule has 0 radical (unpaired) electrons. The number of anilines is 5. The first-order valence-corrected chi connectivity index (χ1v) is 10.3. The Kier molecular flexibility index (Phi) is 5.85. The number of hydrogen-bond acceptors (Lipinski definition) is 7. The second-order valence-electron chi connectivity index (χ2n) is 7.17. The van der Waals surface area contributed by atoms with E-state index in [9.17, 15) is 4.79 Å². The number of benzene rings is 1. The Labute approximate surface area is 184 Å². The number of nitrogens with two attached hydrogens (primary N) is 1. The van der Waals surface area contributed by atoms with Gasteiger partial charge in [-0.1, -0.05) is 17.7 Å². The summed E-state index contributed by atoms with van der Waals surface area (Å²) < 4.78 is 7.41. The zero-order valence-electron chi connectivity index (χ0n) is 17.3.